The van der Waals surface area contributed by atoms with Crippen molar-refractivity contribution in [2.75, 3.05) is 44.2 Å². The van der Waals surface area contributed by atoms with Crippen molar-refractivity contribution in [3.63, 3.8) is 0 Å². The molecular weight excluding hydrogens is 338 g/mol. The van der Waals surface area contributed by atoms with Crippen molar-refractivity contribution in [2.24, 2.45) is 17.8 Å². The molecule has 0 bridgehead atoms. The molecule has 2 aliphatic heterocycles. The number of nitrogens with zero attached hydrogens (tertiary/aromatic N) is 3. The van der Waals surface area contributed by atoms with Crippen molar-refractivity contribution < 1.29 is 9.59 Å². The van der Waals surface area contributed by atoms with E-state index in [2.05, 4.69) is 43.0 Å². The van der Waals surface area contributed by atoms with Crippen molar-refractivity contribution in [3.05, 3.63) is 29.8 Å². The molecule has 1 saturated carbocycles. The van der Waals surface area contributed by atoms with Gasteiger partial charge in [0.05, 0.1) is 11.8 Å². The van der Waals surface area contributed by atoms with Crippen LogP contribution in [0.5, 0.6) is 0 Å². The number of hydrogen-bond donors (Lipinski definition) is 0. The van der Waals surface area contributed by atoms with E-state index in [1.807, 2.05) is 9.80 Å². The number of carbonyl (C=O) groups is 2. The highest BCUT2D eigenvalue weighted by Gasteiger charge is 2.51. The van der Waals surface area contributed by atoms with Gasteiger partial charge in [-0.2, -0.15) is 0 Å². The van der Waals surface area contributed by atoms with Crippen molar-refractivity contribution in [1.29, 1.82) is 0 Å². The second kappa shape index (κ2) is 7.53. The fourth-order valence-electron chi connectivity index (χ4n) is 4.45. The second-order valence-electron chi connectivity index (χ2n) is 8.61. The quantitative estimate of drug-likeness (QED) is 0.822. The summed E-state index contributed by atoms with van der Waals surface area (Å²) in [4.78, 5) is 31.8. The summed E-state index contributed by atoms with van der Waals surface area (Å²) in [5.41, 5.74) is 2.50. The molecule has 1 aliphatic carbocycles. The van der Waals surface area contributed by atoms with E-state index in [1.54, 1.807) is 0 Å². The summed E-state index contributed by atoms with van der Waals surface area (Å²) >= 11 is 0. The number of anilines is 1. The van der Waals surface area contributed by atoms with E-state index < -0.39 is 0 Å². The Bertz CT molecular complexity index is 703. The molecule has 3 aliphatic rings. The van der Waals surface area contributed by atoms with Gasteiger partial charge in [0.1, 0.15) is 0 Å². The van der Waals surface area contributed by atoms with E-state index in [0.717, 1.165) is 64.4 Å². The van der Waals surface area contributed by atoms with Crippen LogP contribution in [0, 0.1) is 24.7 Å². The van der Waals surface area contributed by atoms with E-state index >= 15 is 0 Å². The fraction of sp³-hybridized carbons (Fsp3) is 0.636. The summed E-state index contributed by atoms with van der Waals surface area (Å²) in [6.07, 6.45) is 2.94. The first-order valence-corrected chi connectivity index (χ1v) is 10.4. The molecule has 0 N–H and O–H groups in total. The molecule has 2 atom stereocenters. The van der Waals surface area contributed by atoms with Gasteiger partial charge in [-0.3, -0.25) is 9.59 Å². The molecule has 1 aromatic carbocycles. The van der Waals surface area contributed by atoms with Gasteiger partial charge in [0.25, 0.3) is 0 Å². The minimum atomic E-state index is -0.0673. The zero-order chi connectivity index (χ0) is 19.0. The molecule has 2 heterocycles. The maximum absolute atomic E-state index is 12.8. The molecule has 0 radical (unpaired) electrons. The second-order valence-corrected chi connectivity index (χ2v) is 8.61. The first-order valence-electron chi connectivity index (χ1n) is 10.4. The Morgan fingerprint density at radius 2 is 1.48 bits per heavy atom. The Labute approximate surface area is 162 Å². The normalized spacial score (nSPS) is 26.2. The van der Waals surface area contributed by atoms with Crippen LogP contribution in [0.4, 0.5) is 5.69 Å². The molecule has 2 unspecified atom stereocenters. The number of piperidine rings is 1. The van der Waals surface area contributed by atoms with Crippen LogP contribution in [-0.2, 0) is 9.59 Å². The van der Waals surface area contributed by atoms with E-state index in [1.165, 1.54) is 11.3 Å². The molecule has 146 valence electrons. The monoisotopic (exact) mass is 369 g/mol. The number of piperazine rings is 1. The Hall–Kier alpha value is -2.04. The molecule has 5 nitrogen and oxygen atoms in total. The zero-order valence-electron chi connectivity index (χ0n) is 16.6. The molecule has 2 saturated heterocycles. The number of aryl methyl sites for hydroxylation is 1. The third kappa shape index (κ3) is 3.97. The third-order valence-electron chi connectivity index (χ3n) is 6.48. The molecule has 5 heteroatoms. The van der Waals surface area contributed by atoms with Crippen molar-refractivity contribution >= 4 is 17.5 Å². The van der Waals surface area contributed by atoms with E-state index in [-0.39, 0.29) is 23.7 Å². The maximum Gasteiger partial charge on any atom is 0.226 e. The highest BCUT2D eigenvalue weighted by Crippen LogP contribution is 2.42. The van der Waals surface area contributed by atoms with E-state index in [9.17, 15) is 9.59 Å². The highest BCUT2D eigenvalue weighted by atomic mass is 16.2. The Kier molecular flexibility index (Phi) is 5.11. The summed E-state index contributed by atoms with van der Waals surface area (Å²) in [5.74, 6) is 1.01. The van der Waals surface area contributed by atoms with Gasteiger partial charge in [0.2, 0.25) is 11.8 Å². The van der Waals surface area contributed by atoms with Crippen LogP contribution in [-0.4, -0.2) is 60.9 Å². The molecule has 0 aromatic heterocycles. The average Bonchev–Trinajstić information content (AvgIpc) is 3.48. The molecule has 1 aromatic rings. The summed E-state index contributed by atoms with van der Waals surface area (Å²) in [6, 6.07) is 8.53. The number of likely N-dealkylation sites (tertiary alicyclic amines) is 1. The molecule has 27 heavy (non-hydrogen) atoms. The molecular formula is C22H31N3O2. The van der Waals surface area contributed by atoms with Gasteiger partial charge < -0.3 is 14.7 Å². The smallest absolute Gasteiger partial charge is 0.226 e. The van der Waals surface area contributed by atoms with Gasteiger partial charge in [-0.05, 0) is 49.8 Å². The standard InChI is InChI=1S/C22H31N3O2/c1-16-6-8-24(9-7-16)21(26)19-15-20(19)22(27)25-12-10-23(11-13-25)18-5-3-4-17(2)14-18/h3-5,14,16,19-20H,6-13,15H2,1-2H3. The van der Waals surface area contributed by atoms with Gasteiger partial charge in [0.15, 0.2) is 0 Å². The van der Waals surface area contributed by atoms with Gasteiger partial charge in [0, 0.05) is 45.0 Å². The lowest BCUT2D eigenvalue weighted by molar-refractivity contribution is -0.138. The van der Waals surface area contributed by atoms with E-state index in [0.29, 0.717) is 0 Å². The predicted molar refractivity (Wildman–Crippen MR) is 107 cm³/mol. The first kappa shape index (κ1) is 18.3. The van der Waals surface area contributed by atoms with Gasteiger partial charge in [-0.15, -0.1) is 0 Å². The maximum atomic E-state index is 12.8. The predicted octanol–water partition coefficient (Wildman–Crippen LogP) is 2.54. The van der Waals surface area contributed by atoms with Gasteiger partial charge in [-0.1, -0.05) is 19.1 Å². The van der Waals surface area contributed by atoms with Crippen LogP contribution in [0.3, 0.4) is 0 Å². The minimum Gasteiger partial charge on any atom is -0.368 e. The lowest BCUT2D eigenvalue weighted by Crippen LogP contribution is -2.49. The molecule has 4 rings (SSSR count). The number of carbonyl (C=O) groups excluding carboxylic acids is 2. The summed E-state index contributed by atoms with van der Waals surface area (Å²) in [7, 11) is 0. The van der Waals surface area contributed by atoms with Crippen molar-refractivity contribution in [3.8, 4) is 0 Å². The first-order chi connectivity index (χ1) is 13.0. The lowest BCUT2D eigenvalue weighted by Gasteiger charge is -2.36. The average molecular weight is 370 g/mol. The Morgan fingerprint density at radius 1 is 0.889 bits per heavy atom. The Balaban J connectivity index is 1.27. The van der Waals surface area contributed by atoms with Crippen LogP contribution >= 0.6 is 0 Å². The topological polar surface area (TPSA) is 43.9 Å². The lowest BCUT2D eigenvalue weighted by atomic mass is 9.99. The van der Waals surface area contributed by atoms with E-state index in [4.69, 9.17) is 0 Å². The highest BCUT2D eigenvalue weighted by molar-refractivity contribution is 5.92. The van der Waals surface area contributed by atoms with Gasteiger partial charge in [-0.25, -0.2) is 0 Å². The molecule has 0 spiro atoms. The van der Waals surface area contributed by atoms with Gasteiger partial charge >= 0.3 is 0 Å². The van der Waals surface area contributed by atoms with Crippen LogP contribution in [0.15, 0.2) is 24.3 Å². The molecule has 2 amide bonds. The van der Waals surface area contributed by atoms with Crippen LogP contribution < -0.4 is 4.90 Å². The number of rotatable bonds is 3. The number of amides is 2. The summed E-state index contributed by atoms with van der Waals surface area (Å²) in [6.45, 7) is 9.34. The number of benzene rings is 1. The zero-order valence-corrected chi connectivity index (χ0v) is 16.6. The summed E-state index contributed by atoms with van der Waals surface area (Å²) < 4.78 is 0. The van der Waals surface area contributed by atoms with Crippen LogP contribution in [0.25, 0.3) is 0 Å². The Morgan fingerprint density at radius 3 is 2.07 bits per heavy atom. The molecule has 3 fully saturated rings. The fourth-order valence-corrected chi connectivity index (χ4v) is 4.45. The van der Waals surface area contributed by atoms with Crippen LogP contribution in [0.2, 0.25) is 0 Å². The largest absolute Gasteiger partial charge is 0.368 e. The minimum absolute atomic E-state index is 0.0549. The van der Waals surface area contributed by atoms with Crippen LogP contribution in [0.1, 0.15) is 31.7 Å². The van der Waals surface area contributed by atoms with Crippen molar-refractivity contribution in [1.82, 2.24) is 9.80 Å². The van der Waals surface area contributed by atoms with Crippen molar-refractivity contribution in [2.45, 2.75) is 33.1 Å². The summed E-state index contributed by atoms with van der Waals surface area (Å²) in [5, 5.41) is 0. The third-order valence-corrected chi connectivity index (χ3v) is 6.48. The SMILES string of the molecule is Cc1cccc(N2CCN(C(=O)C3CC3C(=O)N3CCC(C)CC3)CC2)c1. The number of hydrogen-bond acceptors (Lipinski definition) is 3.